The van der Waals surface area contributed by atoms with E-state index in [1.807, 2.05) is 20.8 Å². The van der Waals surface area contributed by atoms with Crippen molar-refractivity contribution in [1.82, 2.24) is 10.2 Å². The number of para-hydroxylation sites is 2. The van der Waals surface area contributed by atoms with Gasteiger partial charge in [0.25, 0.3) is 0 Å². The molecule has 0 saturated heterocycles. The van der Waals surface area contributed by atoms with Gasteiger partial charge in [-0.15, -0.1) is 0 Å². The molecule has 0 fully saturated rings. The number of rotatable bonds is 14. The van der Waals surface area contributed by atoms with Crippen molar-refractivity contribution in [3.8, 4) is 5.75 Å². The zero-order chi connectivity index (χ0) is 28.5. The van der Waals surface area contributed by atoms with Crippen molar-refractivity contribution in [3.05, 3.63) is 58.1 Å². The van der Waals surface area contributed by atoms with Crippen LogP contribution in [0, 0.1) is 5.92 Å². The molecule has 0 aliphatic carbocycles. The molecule has 11 heteroatoms. The molecule has 1 N–H and O–H groups in total. The number of carbonyl (C=O) groups is 2. The van der Waals surface area contributed by atoms with E-state index < -0.39 is 16.1 Å². The first kappa shape index (κ1) is 31.7. The van der Waals surface area contributed by atoms with Gasteiger partial charge in [-0.25, -0.2) is 8.42 Å². The van der Waals surface area contributed by atoms with Gasteiger partial charge in [0, 0.05) is 26.1 Å². The topological polar surface area (TPSA) is 96.0 Å². The summed E-state index contributed by atoms with van der Waals surface area (Å²) in [6.45, 7) is 8.56. The van der Waals surface area contributed by atoms with Crippen molar-refractivity contribution < 1.29 is 22.7 Å². The highest BCUT2D eigenvalue weighted by atomic mass is 35.5. The Morgan fingerprint density at radius 3 is 2.34 bits per heavy atom. The molecule has 0 radical (unpaired) electrons. The van der Waals surface area contributed by atoms with Gasteiger partial charge in [-0.3, -0.25) is 13.9 Å². The van der Waals surface area contributed by atoms with E-state index >= 15 is 0 Å². The van der Waals surface area contributed by atoms with Gasteiger partial charge in [0.05, 0.1) is 28.6 Å². The van der Waals surface area contributed by atoms with Crippen LogP contribution in [0.3, 0.4) is 0 Å². The minimum atomic E-state index is -3.64. The molecule has 1 atom stereocenters. The third-order valence-electron chi connectivity index (χ3n) is 5.77. The quantitative estimate of drug-likeness (QED) is 0.331. The first-order valence-corrected chi connectivity index (χ1v) is 15.2. The lowest BCUT2D eigenvalue weighted by molar-refractivity contribution is -0.140. The SMILES string of the molecule is CCOc1ccccc1N(CCCC(=O)N(Cc1ccc(Cl)c(Cl)c1)C(C)C(=O)NCC(C)C)S(C)(=O)=O. The van der Waals surface area contributed by atoms with E-state index in [0.29, 0.717) is 34.6 Å². The highest BCUT2D eigenvalue weighted by Crippen LogP contribution is 2.30. The first-order chi connectivity index (χ1) is 17.8. The Morgan fingerprint density at radius 1 is 1.05 bits per heavy atom. The van der Waals surface area contributed by atoms with Crippen LogP contribution in [0.2, 0.25) is 10.0 Å². The summed E-state index contributed by atoms with van der Waals surface area (Å²) in [4.78, 5) is 27.7. The van der Waals surface area contributed by atoms with Crippen molar-refractivity contribution in [2.24, 2.45) is 5.92 Å². The van der Waals surface area contributed by atoms with Gasteiger partial charge in [-0.2, -0.15) is 0 Å². The fourth-order valence-corrected chi connectivity index (χ4v) is 5.08. The summed E-state index contributed by atoms with van der Waals surface area (Å²) in [7, 11) is -3.64. The Balaban J connectivity index is 2.22. The van der Waals surface area contributed by atoms with E-state index in [2.05, 4.69) is 5.32 Å². The van der Waals surface area contributed by atoms with E-state index in [9.17, 15) is 18.0 Å². The lowest BCUT2D eigenvalue weighted by atomic mass is 10.1. The second kappa shape index (κ2) is 14.6. The van der Waals surface area contributed by atoms with Crippen LogP contribution < -0.4 is 14.4 Å². The number of ether oxygens (including phenoxy) is 1. The average molecular weight is 587 g/mol. The van der Waals surface area contributed by atoms with Gasteiger partial charge in [0.15, 0.2) is 0 Å². The maximum absolute atomic E-state index is 13.4. The third-order valence-corrected chi connectivity index (χ3v) is 7.69. The van der Waals surface area contributed by atoms with Crippen molar-refractivity contribution in [2.75, 3.05) is 30.3 Å². The molecule has 210 valence electrons. The standard InChI is InChI=1S/C27H37Cl2N3O5S/c1-6-37-25-11-8-7-10-24(25)32(38(5,35)36)15-9-12-26(33)31(20(4)27(34)30-17-19(2)3)18-21-13-14-22(28)23(29)16-21/h7-8,10-11,13-14,16,19-20H,6,9,12,15,17-18H2,1-5H3,(H,30,34). The highest BCUT2D eigenvalue weighted by molar-refractivity contribution is 7.92. The summed E-state index contributed by atoms with van der Waals surface area (Å²) >= 11 is 12.2. The van der Waals surface area contributed by atoms with E-state index in [1.54, 1.807) is 49.4 Å². The van der Waals surface area contributed by atoms with Gasteiger partial charge < -0.3 is 15.0 Å². The number of benzene rings is 2. The average Bonchev–Trinajstić information content (AvgIpc) is 2.85. The fraction of sp³-hybridized carbons (Fsp3) is 0.481. The number of halogens is 2. The van der Waals surface area contributed by atoms with E-state index in [-0.39, 0.29) is 43.7 Å². The molecular formula is C27H37Cl2N3O5S. The maximum Gasteiger partial charge on any atom is 0.242 e. The summed E-state index contributed by atoms with van der Waals surface area (Å²) < 4.78 is 32.1. The minimum Gasteiger partial charge on any atom is -0.492 e. The summed E-state index contributed by atoms with van der Waals surface area (Å²) in [5.74, 6) is 0.153. The Hall–Kier alpha value is -2.49. The molecule has 2 rings (SSSR count). The number of amides is 2. The summed E-state index contributed by atoms with van der Waals surface area (Å²) in [6.07, 6.45) is 1.39. The molecule has 0 heterocycles. The largest absolute Gasteiger partial charge is 0.492 e. The van der Waals surface area contributed by atoms with Crippen LogP contribution in [0.25, 0.3) is 0 Å². The summed E-state index contributed by atoms with van der Waals surface area (Å²) in [5.41, 5.74) is 1.14. The lowest BCUT2D eigenvalue weighted by Gasteiger charge is -2.30. The van der Waals surface area contributed by atoms with Gasteiger partial charge >= 0.3 is 0 Å². The first-order valence-electron chi connectivity index (χ1n) is 12.6. The zero-order valence-electron chi connectivity index (χ0n) is 22.5. The van der Waals surface area contributed by atoms with Gasteiger partial charge in [-0.1, -0.05) is 55.2 Å². The van der Waals surface area contributed by atoms with E-state index in [1.165, 1.54) is 9.21 Å². The normalized spacial score (nSPS) is 12.2. The number of nitrogens with one attached hydrogen (secondary N) is 1. The number of hydrogen-bond acceptors (Lipinski definition) is 5. The number of carbonyl (C=O) groups excluding carboxylic acids is 2. The predicted molar refractivity (Wildman–Crippen MR) is 153 cm³/mol. The van der Waals surface area contributed by atoms with Gasteiger partial charge in [0.2, 0.25) is 21.8 Å². The molecule has 2 aromatic carbocycles. The highest BCUT2D eigenvalue weighted by Gasteiger charge is 2.27. The number of hydrogen-bond donors (Lipinski definition) is 1. The molecule has 0 aliphatic heterocycles. The number of nitrogens with zero attached hydrogens (tertiary/aromatic N) is 2. The molecule has 0 aromatic heterocycles. The van der Waals surface area contributed by atoms with Gasteiger partial charge in [0.1, 0.15) is 11.8 Å². The van der Waals surface area contributed by atoms with Crippen molar-refractivity contribution in [3.63, 3.8) is 0 Å². The molecule has 2 aromatic rings. The second-order valence-corrected chi connectivity index (χ2v) is 12.1. The predicted octanol–water partition coefficient (Wildman–Crippen LogP) is 5.13. The van der Waals surface area contributed by atoms with E-state index in [0.717, 1.165) is 11.8 Å². The minimum absolute atomic E-state index is 0.0337. The van der Waals surface area contributed by atoms with Crippen LogP contribution in [0.5, 0.6) is 5.75 Å². The van der Waals surface area contributed by atoms with Crippen LogP contribution in [0.4, 0.5) is 5.69 Å². The molecule has 2 amide bonds. The Labute approximate surface area is 236 Å². The molecule has 0 saturated carbocycles. The maximum atomic E-state index is 13.4. The van der Waals surface area contributed by atoms with Crippen LogP contribution in [0.1, 0.15) is 46.1 Å². The summed E-state index contributed by atoms with van der Waals surface area (Å²) in [6, 6.07) is 11.2. The Kier molecular flexibility index (Phi) is 12.2. The fourth-order valence-electron chi connectivity index (χ4n) is 3.79. The molecule has 8 nitrogen and oxygen atoms in total. The smallest absolute Gasteiger partial charge is 0.242 e. The van der Waals surface area contributed by atoms with Crippen molar-refractivity contribution in [2.45, 2.75) is 53.1 Å². The molecule has 0 aliphatic rings. The molecule has 38 heavy (non-hydrogen) atoms. The molecular weight excluding hydrogens is 549 g/mol. The molecule has 1 unspecified atom stereocenters. The number of sulfonamides is 1. The summed E-state index contributed by atoms with van der Waals surface area (Å²) in [5, 5.41) is 3.62. The Bertz CT molecular complexity index is 1210. The second-order valence-electron chi connectivity index (χ2n) is 9.42. The van der Waals surface area contributed by atoms with Crippen LogP contribution in [-0.4, -0.2) is 57.1 Å². The monoisotopic (exact) mass is 585 g/mol. The van der Waals surface area contributed by atoms with E-state index in [4.69, 9.17) is 27.9 Å². The zero-order valence-corrected chi connectivity index (χ0v) is 24.9. The van der Waals surface area contributed by atoms with Crippen LogP contribution >= 0.6 is 23.2 Å². The van der Waals surface area contributed by atoms with Crippen molar-refractivity contribution in [1.29, 1.82) is 0 Å². The molecule has 0 bridgehead atoms. The lowest BCUT2D eigenvalue weighted by Crippen LogP contribution is -2.48. The number of anilines is 1. The van der Waals surface area contributed by atoms with Gasteiger partial charge in [-0.05, 0) is 56.0 Å². The van der Waals surface area contributed by atoms with Crippen molar-refractivity contribution >= 4 is 50.7 Å². The molecule has 0 spiro atoms. The van der Waals surface area contributed by atoms with Crippen LogP contribution in [0.15, 0.2) is 42.5 Å². The van der Waals surface area contributed by atoms with Crippen LogP contribution in [-0.2, 0) is 26.2 Å². The third kappa shape index (κ3) is 9.36. The Morgan fingerprint density at radius 2 is 1.74 bits per heavy atom.